The number of fused-ring (bicyclic) bond motifs is 4. The fourth-order valence-corrected chi connectivity index (χ4v) is 4.39. The minimum absolute atomic E-state index is 0.168. The van der Waals surface area contributed by atoms with Crippen LogP contribution in [0, 0.1) is 6.92 Å². The molecule has 0 bridgehead atoms. The Labute approximate surface area is 153 Å². The number of nitrogens with zero attached hydrogens (tertiary/aromatic N) is 6. The zero-order valence-electron chi connectivity index (χ0n) is 14.9. The molecule has 5 rings (SSSR count). The van der Waals surface area contributed by atoms with Gasteiger partial charge in [0.1, 0.15) is 6.33 Å². The Morgan fingerprint density at radius 3 is 2.81 bits per heavy atom. The molecule has 0 N–H and O–H groups in total. The molecule has 0 saturated carbocycles. The Morgan fingerprint density at radius 1 is 1.15 bits per heavy atom. The third-order valence-corrected chi connectivity index (χ3v) is 5.75. The maximum Gasteiger partial charge on any atom is 0.416 e. The van der Waals surface area contributed by atoms with Crippen LogP contribution in [0.15, 0.2) is 18.5 Å². The first-order valence-electron chi connectivity index (χ1n) is 9.12. The van der Waals surface area contributed by atoms with Crippen molar-refractivity contribution in [1.29, 1.82) is 0 Å². The molecule has 27 heavy (non-hydrogen) atoms. The van der Waals surface area contributed by atoms with Gasteiger partial charge >= 0.3 is 6.18 Å². The highest BCUT2D eigenvalue weighted by molar-refractivity contribution is 5.84. The third kappa shape index (κ3) is 2.63. The van der Waals surface area contributed by atoms with Gasteiger partial charge in [-0.3, -0.25) is 9.30 Å². The van der Waals surface area contributed by atoms with Crippen LogP contribution in [-0.4, -0.2) is 56.7 Å². The summed E-state index contributed by atoms with van der Waals surface area (Å²) >= 11 is 0. The summed E-state index contributed by atoms with van der Waals surface area (Å²) in [6.45, 7) is 5.27. The van der Waals surface area contributed by atoms with Crippen LogP contribution in [0.1, 0.15) is 24.0 Å². The number of aryl methyl sites for hydroxylation is 1. The fraction of sp³-hybridized carbons (Fsp3) is 0.500. The summed E-state index contributed by atoms with van der Waals surface area (Å²) in [6.07, 6.45) is -0.565. The Kier molecular flexibility index (Phi) is 3.59. The van der Waals surface area contributed by atoms with Crippen LogP contribution in [-0.2, 0) is 6.18 Å². The largest absolute Gasteiger partial charge is 0.416 e. The molecule has 0 spiro atoms. The first-order chi connectivity index (χ1) is 12.9. The van der Waals surface area contributed by atoms with E-state index >= 15 is 0 Å². The van der Waals surface area contributed by atoms with Gasteiger partial charge in [-0.05, 0) is 44.0 Å². The third-order valence-electron chi connectivity index (χ3n) is 5.75. The van der Waals surface area contributed by atoms with Crippen molar-refractivity contribution in [3.05, 3.63) is 29.6 Å². The number of hydrogen-bond acceptors (Lipinski definition) is 5. The Bertz CT molecular complexity index is 1030. The highest BCUT2D eigenvalue weighted by Gasteiger charge is 2.34. The number of hydrogen-bond donors (Lipinski definition) is 0. The summed E-state index contributed by atoms with van der Waals surface area (Å²) in [5.41, 5.74) is 0.916. The van der Waals surface area contributed by atoms with Crippen molar-refractivity contribution in [2.24, 2.45) is 0 Å². The lowest BCUT2D eigenvalue weighted by Gasteiger charge is -2.38. The van der Waals surface area contributed by atoms with Crippen LogP contribution in [0.5, 0.6) is 0 Å². The standard InChI is InChI=1S/C18H19F3N6/c1-11-7-14-15(8-13(11)18(19,20)21)27-10-22-24-17(27)16(23-14)26-6-5-25-4-2-3-12(25)9-26/h7-8,10,12H,2-6,9H2,1H3/t12-/m1/s1. The maximum absolute atomic E-state index is 13.3. The molecule has 2 aromatic heterocycles. The van der Waals surface area contributed by atoms with E-state index in [0.29, 0.717) is 28.5 Å². The first kappa shape index (κ1) is 16.7. The minimum atomic E-state index is -4.41. The number of benzene rings is 1. The van der Waals surface area contributed by atoms with Gasteiger partial charge in [-0.25, -0.2) is 4.98 Å². The number of anilines is 1. The van der Waals surface area contributed by atoms with Gasteiger partial charge in [0.15, 0.2) is 5.82 Å². The Hall–Kier alpha value is -2.42. The number of alkyl halides is 3. The van der Waals surface area contributed by atoms with Crippen molar-refractivity contribution < 1.29 is 13.2 Å². The van der Waals surface area contributed by atoms with Gasteiger partial charge in [0, 0.05) is 25.7 Å². The SMILES string of the molecule is Cc1cc2nc(N3CCN4CCC[C@@H]4C3)c3nncn3c2cc1C(F)(F)F. The van der Waals surface area contributed by atoms with Crippen molar-refractivity contribution in [3.63, 3.8) is 0 Å². The summed E-state index contributed by atoms with van der Waals surface area (Å²) in [5, 5.41) is 8.10. The molecule has 0 amide bonds. The molecule has 2 aliphatic rings. The van der Waals surface area contributed by atoms with Gasteiger partial charge in [-0.15, -0.1) is 10.2 Å². The molecule has 4 heterocycles. The van der Waals surface area contributed by atoms with E-state index in [1.807, 2.05) is 0 Å². The van der Waals surface area contributed by atoms with Gasteiger partial charge in [0.2, 0.25) is 5.65 Å². The number of aromatic nitrogens is 4. The summed E-state index contributed by atoms with van der Waals surface area (Å²) in [7, 11) is 0. The molecule has 2 fully saturated rings. The molecule has 2 saturated heterocycles. The molecule has 9 heteroatoms. The quantitative estimate of drug-likeness (QED) is 0.654. The van der Waals surface area contributed by atoms with Crippen molar-refractivity contribution >= 4 is 22.5 Å². The average molecular weight is 376 g/mol. The highest BCUT2D eigenvalue weighted by Crippen LogP contribution is 2.35. The molecule has 0 aliphatic carbocycles. The van der Waals surface area contributed by atoms with E-state index < -0.39 is 11.7 Å². The predicted octanol–water partition coefficient (Wildman–Crippen LogP) is 2.89. The monoisotopic (exact) mass is 376 g/mol. The smallest absolute Gasteiger partial charge is 0.351 e. The molecule has 0 radical (unpaired) electrons. The molecule has 1 atom stereocenters. The van der Waals surface area contributed by atoms with E-state index in [0.717, 1.165) is 32.2 Å². The molecule has 142 valence electrons. The predicted molar refractivity (Wildman–Crippen MR) is 94.8 cm³/mol. The van der Waals surface area contributed by atoms with Crippen molar-refractivity contribution in [1.82, 2.24) is 24.5 Å². The van der Waals surface area contributed by atoms with E-state index in [1.54, 1.807) is 4.40 Å². The summed E-state index contributed by atoms with van der Waals surface area (Å²) in [5.74, 6) is 0.700. The first-order valence-corrected chi connectivity index (χ1v) is 9.12. The molecule has 3 aromatic rings. The Morgan fingerprint density at radius 2 is 2.00 bits per heavy atom. The molecular weight excluding hydrogens is 357 g/mol. The van der Waals surface area contributed by atoms with Gasteiger partial charge in [-0.2, -0.15) is 13.2 Å². The molecular formula is C18H19F3N6. The van der Waals surface area contributed by atoms with Crippen LogP contribution in [0.4, 0.5) is 19.0 Å². The number of piperazine rings is 1. The Balaban J connectivity index is 1.66. The highest BCUT2D eigenvalue weighted by atomic mass is 19.4. The van der Waals surface area contributed by atoms with Crippen LogP contribution in [0.2, 0.25) is 0 Å². The van der Waals surface area contributed by atoms with E-state index in [9.17, 15) is 13.2 Å². The second kappa shape index (κ2) is 5.79. The van der Waals surface area contributed by atoms with Crippen molar-refractivity contribution in [2.75, 3.05) is 31.1 Å². The normalized spacial score (nSPS) is 21.3. The second-order valence-electron chi connectivity index (χ2n) is 7.39. The van der Waals surface area contributed by atoms with E-state index in [2.05, 4.69) is 20.0 Å². The van der Waals surface area contributed by atoms with Crippen LogP contribution < -0.4 is 4.90 Å². The van der Waals surface area contributed by atoms with Crippen LogP contribution in [0.25, 0.3) is 16.7 Å². The number of rotatable bonds is 1. The van der Waals surface area contributed by atoms with Gasteiger partial charge in [0.05, 0.1) is 16.6 Å². The second-order valence-corrected chi connectivity index (χ2v) is 7.39. The zero-order chi connectivity index (χ0) is 18.8. The summed E-state index contributed by atoms with van der Waals surface area (Å²) in [6, 6.07) is 3.16. The van der Waals surface area contributed by atoms with Crippen LogP contribution in [0.3, 0.4) is 0 Å². The molecule has 6 nitrogen and oxygen atoms in total. The minimum Gasteiger partial charge on any atom is -0.351 e. The summed E-state index contributed by atoms with van der Waals surface area (Å²) in [4.78, 5) is 9.41. The van der Waals surface area contributed by atoms with E-state index in [1.165, 1.54) is 32.2 Å². The lowest BCUT2D eigenvalue weighted by Crippen LogP contribution is -2.50. The molecule has 2 aliphatic heterocycles. The molecule has 0 unspecified atom stereocenters. The topological polar surface area (TPSA) is 49.6 Å². The van der Waals surface area contributed by atoms with E-state index in [-0.39, 0.29) is 5.56 Å². The van der Waals surface area contributed by atoms with Crippen molar-refractivity contribution in [2.45, 2.75) is 32.0 Å². The van der Waals surface area contributed by atoms with Crippen molar-refractivity contribution in [3.8, 4) is 0 Å². The lowest BCUT2D eigenvalue weighted by molar-refractivity contribution is -0.137. The lowest BCUT2D eigenvalue weighted by atomic mass is 10.1. The van der Waals surface area contributed by atoms with Crippen LogP contribution >= 0.6 is 0 Å². The van der Waals surface area contributed by atoms with E-state index in [4.69, 9.17) is 4.98 Å². The van der Waals surface area contributed by atoms with Gasteiger partial charge < -0.3 is 4.90 Å². The molecule has 1 aromatic carbocycles. The zero-order valence-corrected chi connectivity index (χ0v) is 14.9. The van der Waals surface area contributed by atoms with Gasteiger partial charge in [0.25, 0.3) is 0 Å². The summed E-state index contributed by atoms with van der Waals surface area (Å²) < 4.78 is 41.6. The van der Waals surface area contributed by atoms with Gasteiger partial charge in [-0.1, -0.05) is 0 Å². The number of halogens is 3. The maximum atomic E-state index is 13.3. The fourth-order valence-electron chi connectivity index (χ4n) is 4.39. The average Bonchev–Trinajstić information content (AvgIpc) is 3.28.